The molecule has 2 fully saturated rings. The number of ether oxygens (including phenoxy) is 2. The second-order valence-corrected chi connectivity index (χ2v) is 14.3. The number of rotatable bonds is 17. The van der Waals surface area contributed by atoms with Crippen LogP contribution >= 0.6 is 0 Å². The first-order valence-corrected chi connectivity index (χ1v) is 19.3. The van der Waals surface area contributed by atoms with E-state index in [-0.39, 0.29) is 0 Å². The van der Waals surface area contributed by atoms with Crippen LogP contribution in [0.2, 0.25) is 0 Å². The topological polar surface area (TPSA) is 81.5 Å². The van der Waals surface area contributed by atoms with E-state index in [0.717, 1.165) is 120 Å². The van der Waals surface area contributed by atoms with E-state index in [2.05, 4.69) is 92.9 Å². The summed E-state index contributed by atoms with van der Waals surface area (Å²) in [4.78, 5) is 14.4. The zero-order chi connectivity index (χ0) is 36.2. The molecule has 0 spiro atoms. The van der Waals surface area contributed by atoms with E-state index in [1.165, 1.54) is 22.5 Å². The Kier molecular flexibility index (Phi) is 12.8. The third-order valence-electron chi connectivity index (χ3n) is 10.3. The Morgan fingerprint density at radius 1 is 0.585 bits per heavy atom. The van der Waals surface area contributed by atoms with Gasteiger partial charge in [-0.1, -0.05) is 24.3 Å². The fraction of sp³-hybridized carbons (Fsp3) is 0.419. The van der Waals surface area contributed by atoms with Gasteiger partial charge in [0, 0.05) is 88.5 Å². The number of benzene rings is 4. The van der Waals surface area contributed by atoms with Gasteiger partial charge in [-0.3, -0.25) is 0 Å². The molecule has 10 nitrogen and oxygen atoms in total. The van der Waals surface area contributed by atoms with E-state index < -0.39 is 0 Å². The van der Waals surface area contributed by atoms with Gasteiger partial charge in [-0.2, -0.15) is 0 Å². The minimum absolute atomic E-state index is 0.588. The SMILES string of the molecule is CN1CCN(c2ccc(CNCCCOc3ccc(-c4nc5ccc(OCCCNCc6ccc(N7CCN(C)CC7)cc6)cc5o4)cc3)cc2)CC1. The van der Waals surface area contributed by atoms with Crippen LogP contribution in [0.5, 0.6) is 11.5 Å². The largest absolute Gasteiger partial charge is 0.494 e. The fourth-order valence-electron chi connectivity index (χ4n) is 6.83. The van der Waals surface area contributed by atoms with Gasteiger partial charge in [-0.25, -0.2) is 4.98 Å². The lowest BCUT2D eigenvalue weighted by Gasteiger charge is -2.34. The third kappa shape index (κ3) is 10.5. The quantitative estimate of drug-likeness (QED) is 0.110. The van der Waals surface area contributed by atoms with E-state index in [1.54, 1.807) is 0 Å². The number of fused-ring (bicyclic) bond motifs is 1. The molecule has 1 aromatic heterocycles. The zero-order valence-corrected chi connectivity index (χ0v) is 31.4. The Hall–Kier alpha value is -4.61. The van der Waals surface area contributed by atoms with Crippen LogP contribution in [0.4, 0.5) is 11.4 Å². The van der Waals surface area contributed by atoms with Crippen molar-refractivity contribution in [1.82, 2.24) is 25.4 Å². The predicted octanol–water partition coefficient (Wildman–Crippen LogP) is 6.12. The number of hydrogen-bond acceptors (Lipinski definition) is 10. The summed E-state index contributed by atoms with van der Waals surface area (Å²) in [6.45, 7) is 13.7. The second-order valence-electron chi connectivity index (χ2n) is 14.3. The van der Waals surface area contributed by atoms with Crippen molar-refractivity contribution in [2.45, 2.75) is 25.9 Å². The average Bonchev–Trinajstić information content (AvgIpc) is 3.63. The average molecular weight is 718 g/mol. The summed E-state index contributed by atoms with van der Waals surface area (Å²) in [7, 11) is 4.38. The van der Waals surface area contributed by atoms with Crippen molar-refractivity contribution in [3.8, 4) is 23.0 Å². The lowest BCUT2D eigenvalue weighted by Crippen LogP contribution is -2.44. The number of piperazine rings is 2. The molecule has 280 valence electrons. The third-order valence-corrected chi connectivity index (χ3v) is 10.3. The summed E-state index contributed by atoms with van der Waals surface area (Å²) in [6.07, 6.45) is 1.84. The Morgan fingerprint density at radius 2 is 1.08 bits per heavy atom. The minimum Gasteiger partial charge on any atom is -0.494 e. The van der Waals surface area contributed by atoms with Crippen LogP contribution in [0.1, 0.15) is 24.0 Å². The first-order chi connectivity index (χ1) is 26.1. The Morgan fingerprint density at radius 3 is 1.60 bits per heavy atom. The molecule has 2 N–H and O–H groups in total. The summed E-state index contributed by atoms with van der Waals surface area (Å²) in [5, 5.41) is 7.08. The molecule has 0 amide bonds. The first-order valence-electron chi connectivity index (χ1n) is 19.3. The summed E-state index contributed by atoms with van der Waals surface area (Å²) in [6, 6.07) is 31.7. The standard InChI is InChI=1S/C43H55N7O3/c1-47-21-25-49(26-22-47)37-11-5-34(6-12-37)32-44-19-3-29-51-39-15-9-36(10-16-39)43-46-41-18-17-40(31-42(41)53-43)52-30-4-20-45-33-35-7-13-38(14-8-35)50-27-23-48(2)24-28-50/h5-18,31,44-45H,3-4,19-30,32-33H2,1-2H3. The molecule has 10 heteroatoms. The number of anilines is 2. The van der Waals surface area contributed by atoms with Gasteiger partial charge in [0.05, 0.1) is 13.2 Å². The second kappa shape index (κ2) is 18.4. The van der Waals surface area contributed by atoms with E-state index in [1.807, 2.05) is 42.5 Å². The van der Waals surface area contributed by atoms with Crippen LogP contribution in [-0.2, 0) is 13.1 Å². The lowest BCUT2D eigenvalue weighted by atomic mass is 10.1. The van der Waals surface area contributed by atoms with Gasteiger partial charge >= 0.3 is 0 Å². The van der Waals surface area contributed by atoms with E-state index in [4.69, 9.17) is 18.9 Å². The van der Waals surface area contributed by atoms with Crippen LogP contribution < -0.4 is 29.9 Å². The number of nitrogens with zero attached hydrogens (tertiary/aromatic N) is 5. The first kappa shape index (κ1) is 36.7. The smallest absolute Gasteiger partial charge is 0.227 e. The normalized spacial score (nSPS) is 15.7. The molecule has 3 heterocycles. The number of hydrogen-bond donors (Lipinski definition) is 2. The minimum atomic E-state index is 0.588. The Balaban J connectivity index is 0.771. The van der Waals surface area contributed by atoms with Crippen LogP contribution in [0.15, 0.2) is 95.4 Å². The molecule has 0 bridgehead atoms. The molecule has 53 heavy (non-hydrogen) atoms. The summed E-state index contributed by atoms with van der Waals surface area (Å²) >= 11 is 0. The predicted molar refractivity (Wildman–Crippen MR) is 215 cm³/mol. The Bertz CT molecular complexity index is 1830. The van der Waals surface area contributed by atoms with Crippen molar-refractivity contribution in [2.24, 2.45) is 0 Å². The van der Waals surface area contributed by atoms with Gasteiger partial charge in [0.2, 0.25) is 5.89 Å². The molecular weight excluding hydrogens is 663 g/mol. The molecule has 2 aliphatic heterocycles. The monoisotopic (exact) mass is 717 g/mol. The van der Waals surface area contributed by atoms with E-state index in [0.29, 0.717) is 19.1 Å². The van der Waals surface area contributed by atoms with Crippen molar-refractivity contribution in [3.05, 3.63) is 102 Å². The molecular formula is C43H55N7O3. The molecule has 0 unspecified atom stereocenters. The van der Waals surface area contributed by atoms with Gasteiger partial charge in [0.25, 0.3) is 0 Å². The molecule has 0 saturated carbocycles. The maximum atomic E-state index is 6.12. The van der Waals surface area contributed by atoms with Gasteiger partial charge in [-0.15, -0.1) is 0 Å². The van der Waals surface area contributed by atoms with Crippen molar-refractivity contribution in [1.29, 1.82) is 0 Å². The maximum Gasteiger partial charge on any atom is 0.227 e. The van der Waals surface area contributed by atoms with E-state index >= 15 is 0 Å². The molecule has 0 atom stereocenters. The molecule has 4 aromatic carbocycles. The van der Waals surface area contributed by atoms with Crippen LogP contribution in [-0.4, -0.2) is 108 Å². The van der Waals surface area contributed by atoms with Crippen molar-refractivity contribution in [3.63, 3.8) is 0 Å². The molecule has 0 radical (unpaired) electrons. The van der Waals surface area contributed by atoms with Crippen molar-refractivity contribution < 1.29 is 13.9 Å². The number of nitrogens with one attached hydrogen (secondary N) is 2. The summed E-state index contributed by atoms with van der Waals surface area (Å²) in [5.74, 6) is 2.22. The highest BCUT2D eigenvalue weighted by molar-refractivity contribution is 5.77. The van der Waals surface area contributed by atoms with Crippen molar-refractivity contribution >= 4 is 22.5 Å². The molecule has 2 saturated heterocycles. The molecule has 7 rings (SSSR count). The molecule has 0 aliphatic carbocycles. The number of likely N-dealkylation sites (N-methyl/N-ethyl adjacent to an activating group) is 2. The maximum absolute atomic E-state index is 6.12. The van der Waals surface area contributed by atoms with E-state index in [9.17, 15) is 0 Å². The summed E-state index contributed by atoms with van der Waals surface area (Å²) < 4.78 is 18.2. The fourth-order valence-corrected chi connectivity index (χ4v) is 6.83. The van der Waals surface area contributed by atoms with Gasteiger partial charge in [-0.05, 0) is 112 Å². The van der Waals surface area contributed by atoms with Crippen LogP contribution in [0, 0.1) is 0 Å². The summed E-state index contributed by atoms with van der Waals surface area (Å²) in [5.41, 5.74) is 7.69. The highest BCUT2D eigenvalue weighted by atomic mass is 16.5. The Labute approximate surface area is 314 Å². The highest BCUT2D eigenvalue weighted by Gasteiger charge is 2.15. The molecule has 2 aliphatic rings. The molecule has 5 aromatic rings. The van der Waals surface area contributed by atoms with Crippen LogP contribution in [0.3, 0.4) is 0 Å². The van der Waals surface area contributed by atoms with Gasteiger partial charge < -0.3 is 44.1 Å². The van der Waals surface area contributed by atoms with Gasteiger partial charge in [0.15, 0.2) is 5.58 Å². The van der Waals surface area contributed by atoms with Crippen molar-refractivity contribution in [2.75, 3.05) is 103 Å². The highest BCUT2D eigenvalue weighted by Crippen LogP contribution is 2.28. The zero-order valence-electron chi connectivity index (χ0n) is 31.4. The van der Waals surface area contributed by atoms with Gasteiger partial charge in [0.1, 0.15) is 17.0 Å². The van der Waals surface area contributed by atoms with Crippen LogP contribution in [0.25, 0.3) is 22.6 Å². The number of oxazole rings is 1. The lowest BCUT2D eigenvalue weighted by molar-refractivity contribution is 0.308. The number of aromatic nitrogens is 1.